The van der Waals surface area contributed by atoms with Crippen molar-refractivity contribution in [1.82, 2.24) is 9.71 Å². The molecule has 0 amide bonds. The van der Waals surface area contributed by atoms with E-state index in [0.717, 1.165) is 21.8 Å². The van der Waals surface area contributed by atoms with Crippen LogP contribution in [-0.2, 0) is 27.8 Å². The second kappa shape index (κ2) is 7.32. The molecule has 22 heavy (non-hydrogen) atoms. The summed E-state index contributed by atoms with van der Waals surface area (Å²) in [6.45, 7) is 4.67. The van der Waals surface area contributed by atoms with Crippen molar-refractivity contribution in [2.24, 2.45) is 0 Å². The lowest BCUT2D eigenvalue weighted by atomic mass is 10.1. The molecule has 0 aliphatic carbocycles. The molecule has 0 saturated heterocycles. The summed E-state index contributed by atoms with van der Waals surface area (Å²) in [6.07, 6.45) is 0.560. The number of sulfonamides is 1. The summed E-state index contributed by atoms with van der Waals surface area (Å²) in [5.74, 6) is 0. The maximum Gasteiger partial charge on any atom is 0.240 e. The monoisotopic (exact) mass is 340 g/mol. The Morgan fingerprint density at radius 1 is 1.27 bits per heavy atom. The minimum absolute atomic E-state index is 0.300. The Bertz CT molecular complexity index is 739. The Morgan fingerprint density at radius 2 is 2.05 bits per heavy atom. The molecule has 0 unspecified atom stereocenters. The zero-order valence-corrected chi connectivity index (χ0v) is 14.6. The number of nitrogens with zero attached hydrogens (tertiary/aromatic N) is 1. The van der Waals surface area contributed by atoms with Crippen LogP contribution < -0.4 is 4.72 Å². The maximum absolute atomic E-state index is 12.2. The fraction of sp³-hybridized carbons (Fsp3) is 0.400. The molecule has 5 nitrogen and oxygen atoms in total. The SMILES string of the molecule is COCc1nc(CCNS(=O)(=O)c2ccc(C)c(C)c2)cs1. The molecule has 120 valence electrons. The molecule has 0 bridgehead atoms. The first kappa shape index (κ1) is 17.1. The van der Waals surface area contributed by atoms with Crippen molar-refractivity contribution in [2.75, 3.05) is 13.7 Å². The van der Waals surface area contributed by atoms with Gasteiger partial charge in [0, 0.05) is 25.5 Å². The van der Waals surface area contributed by atoms with Crippen LogP contribution in [0, 0.1) is 13.8 Å². The topological polar surface area (TPSA) is 68.3 Å². The quantitative estimate of drug-likeness (QED) is 0.840. The summed E-state index contributed by atoms with van der Waals surface area (Å²) in [4.78, 5) is 4.68. The van der Waals surface area contributed by atoms with Gasteiger partial charge in [-0.25, -0.2) is 18.1 Å². The minimum atomic E-state index is -3.47. The zero-order valence-electron chi connectivity index (χ0n) is 12.9. The third kappa shape index (κ3) is 4.36. The number of nitrogens with one attached hydrogen (secondary N) is 1. The summed E-state index contributed by atoms with van der Waals surface area (Å²) in [6, 6.07) is 5.14. The first-order valence-corrected chi connectivity index (χ1v) is 9.28. The van der Waals surface area contributed by atoms with Gasteiger partial charge in [0.05, 0.1) is 17.2 Å². The van der Waals surface area contributed by atoms with E-state index in [-0.39, 0.29) is 0 Å². The molecule has 0 aliphatic rings. The highest BCUT2D eigenvalue weighted by Crippen LogP contribution is 2.15. The number of methoxy groups -OCH3 is 1. The van der Waals surface area contributed by atoms with Crippen molar-refractivity contribution in [2.45, 2.75) is 31.8 Å². The van der Waals surface area contributed by atoms with Crippen LogP contribution in [0.1, 0.15) is 21.8 Å². The summed E-state index contributed by atoms with van der Waals surface area (Å²) in [5, 5.41) is 2.83. The first-order chi connectivity index (χ1) is 10.4. The number of aromatic nitrogens is 1. The van der Waals surface area contributed by atoms with E-state index in [1.54, 1.807) is 19.2 Å². The zero-order chi connectivity index (χ0) is 16.2. The highest BCUT2D eigenvalue weighted by atomic mass is 32.2. The van der Waals surface area contributed by atoms with E-state index in [2.05, 4.69) is 9.71 Å². The average Bonchev–Trinajstić information content (AvgIpc) is 2.89. The van der Waals surface area contributed by atoms with Gasteiger partial charge >= 0.3 is 0 Å². The van der Waals surface area contributed by atoms with Gasteiger partial charge in [-0.2, -0.15) is 0 Å². The number of aryl methyl sites for hydroxylation is 2. The second-order valence-electron chi connectivity index (χ2n) is 5.06. The largest absolute Gasteiger partial charge is 0.378 e. The molecule has 0 aliphatic heterocycles. The molecule has 0 atom stereocenters. The van der Waals surface area contributed by atoms with E-state index in [1.165, 1.54) is 11.3 Å². The van der Waals surface area contributed by atoms with Crippen LogP contribution in [-0.4, -0.2) is 27.1 Å². The Hall–Kier alpha value is -1.28. The number of hydrogen-bond acceptors (Lipinski definition) is 5. The molecule has 2 rings (SSSR count). The fourth-order valence-electron chi connectivity index (χ4n) is 1.93. The van der Waals surface area contributed by atoms with Gasteiger partial charge < -0.3 is 4.74 Å². The van der Waals surface area contributed by atoms with Crippen LogP contribution in [0.2, 0.25) is 0 Å². The Morgan fingerprint density at radius 3 is 2.73 bits per heavy atom. The van der Waals surface area contributed by atoms with Gasteiger partial charge in [0.2, 0.25) is 10.0 Å². The molecule has 2 aromatic rings. The standard InChI is InChI=1S/C15H20N2O3S2/c1-11-4-5-14(8-12(11)2)22(18,19)16-7-6-13-10-21-15(17-13)9-20-3/h4-5,8,10,16H,6-7,9H2,1-3H3. The van der Waals surface area contributed by atoms with Gasteiger partial charge in [-0.05, 0) is 37.1 Å². The lowest BCUT2D eigenvalue weighted by Gasteiger charge is -2.08. The number of benzene rings is 1. The van der Waals surface area contributed by atoms with Crippen molar-refractivity contribution in [3.63, 3.8) is 0 Å². The number of ether oxygens (including phenoxy) is 1. The highest BCUT2D eigenvalue weighted by molar-refractivity contribution is 7.89. The predicted molar refractivity (Wildman–Crippen MR) is 87.6 cm³/mol. The van der Waals surface area contributed by atoms with E-state index >= 15 is 0 Å². The number of thiazole rings is 1. The lowest BCUT2D eigenvalue weighted by molar-refractivity contribution is 0.184. The third-order valence-corrected chi connectivity index (χ3v) is 5.66. The Balaban J connectivity index is 1.95. The minimum Gasteiger partial charge on any atom is -0.378 e. The molecular formula is C15H20N2O3S2. The van der Waals surface area contributed by atoms with Crippen LogP contribution in [0.5, 0.6) is 0 Å². The van der Waals surface area contributed by atoms with Crippen molar-refractivity contribution in [3.05, 3.63) is 45.4 Å². The molecule has 0 spiro atoms. The molecule has 0 saturated carbocycles. The van der Waals surface area contributed by atoms with Crippen molar-refractivity contribution in [3.8, 4) is 0 Å². The molecule has 0 fully saturated rings. The van der Waals surface area contributed by atoms with Crippen molar-refractivity contribution < 1.29 is 13.2 Å². The first-order valence-electron chi connectivity index (χ1n) is 6.91. The van der Waals surface area contributed by atoms with E-state index in [1.807, 2.05) is 25.3 Å². The number of hydrogen-bond donors (Lipinski definition) is 1. The Labute approximate surface area is 135 Å². The Kier molecular flexibility index (Phi) is 5.69. The van der Waals surface area contributed by atoms with Crippen LogP contribution in [0.15, 0.2) is 28.5 Å². The van der Waals surface area contributed by atoms with Gasteiger partial charge in [-0.1, -0.05) is 6.07 Å². The summed E-state index contributed by atoms with van der Waals surface area (Å²) < 4.78 is 32.1. The summed E-state index contributed by atoms with van der Waals surface area (Å²) in [7, 11) is -1.85. The molecule has 1 aromatic heterocycles. The molecule has 0 radical (unpaired) electrons. The van der Waals surface area contributed by atoms with Gasteiger partial charge in [-0.15, -0.1) is 11.3 Å². The average molecular weight is 340 g/mol. The van der Waals surface area contributed by atoms with E-state index in [0.29, 0.717) is 24.5 Å². The smallest absolute Gasteiger partial charge is 0.240 e. The summed E-state index contributed by atoms with van der Waals surface area (Å²) in [5.41, 5.74) is 2.92. The number of rotatable bonds is 7. The van der Waals surface area contributed by atoms with Crippen molar-refractivity contribution in [1.29, 1.82) is 0 Å². The van der Waals surface area contributed by atoms with Crippen molar-refractivity contribution >= 4 is 21.4 Å². The third-order valence-electron chi connectivity index (χ3n) is 3.33. The van der Waals surface area contributed by atoms with Crippen LogP contribution >= 0.6 is 11.3 Å². The molecular weight excluding hydrogens is 320 g/mol. The summed E-state index contributed by atoms with van der Waals surface area (Å²) >= 11 is 1.52. The van der Waals surface area contributed by atoms with Gasteiger partial charge in [-0.3, -0.25) is 0 Å². The van der Waals surface area contributed by atoms with Crippen LogP contribution in [0.3, 0.4) is 0 Å². The van der Waals surface area contributed by atoms with E-state index in [4.69, 9.17) is 4.74 Å². The molecule has 1 heterocycles. The predicted octanol–water partition coefficient (Wildman–Crippen LogP) is 2.43. The van der Waals surface area contributed by atoms with Crippen LogP contribution in [0.25, 0.3) is 0 Å². The molecule has 1 aromatic carbocycles. The second-order valence-corrected chi connectivity index (χ2v) is 7.77. The lowest BCUT2D eigenvalue weighted by Crippen LogP contribution is -2.26. The maximum atomic E-state index is 12.2. The van der Waals surface area contributed by atoms with Gasteiger partial charge in [0.15, 0.2) is 0 Å². The highest BCUT2D eigenvalue weighted by Gasteiger charge is 2.14. The molecule has 7 heteroatoms. The molecule has 1 N–H and O–H groups in total. The van der Waals surface area contributed by atoms with E-state index in [9.17, 15) is 8.42 Å². The van der Waals surface area contributed by atoms with Gasteiger partial charge in [0.25, 0.3) is 0 Å². The van der Waals surface area contributed by atoms with E-state index < -0.39 is 10.0 Å². The fourth-order valence-corrected chi connectivity index (χ4v) is 3.85. The van der Waals surface area contributed by atoms with Crippen LogP contribution in [0.4, 0.5) is 0 Å². The normalized spacial score (nSPS) is 11.8. The van der Waals surface area contributed by atoms with Gasteiger partial charge in [0.1, 0.15) is 5.01 Å².